The Hall–Kier alpha value is -1.62. The number of hydrogen-bond acceptors (Lipinski definition) is 3. The van der Waals surface area contributed by atoms with Crippen LogP contribution in [0.2, 0.25) is 0 Å². The lowest BCUT2D eigenvalue weighted by molar-refractivity contribution is -0.123. The van der Waals surface area contributed by atoms with Crippen molar-refractivity contribution in [3.63, 3.8) is 0 Å². The third kappa shape index (κ3) is 5.26. The Kier molecular flexibility index (Phi) is 6.29. The lowest BCUT2D eigenvalue weighted by Gasteiger charge is -2.13. The van der Waals surface area contributed by atoms with E-state index in [1.165, 1.54) is 18.2 Å². The van der Waals surface area contributed by atoms with Gasteiger partial charge in [-0.2, -0.15) is 0 Å². The van der Waals surface area contributed by atoms with Crippen LogP contribution in [0.3, 0.4) is 0 Å². The number of carbonyl (C=O) groups is 1. The van der Waals surface area contributed by atoms with Gasteiger partial charge in [0, 0.05) is 18.2 Å². The number of amides is 1. The Labute approximate surface area is 112 Å². The molecule has 0 spiro atoms. The number of unbranched alkanes of at least 4 members (excludes halogenated alkanes) is 1. The molecule has 0 radical (unpaired) electrons. The molecule has 0 aromatic heterocycles. The second-order valence-electron chi connectivity index (χ2n) is 4.35. The molecule has 106 valence electrons. The average Bonchev–Trinajstić information content (AvgIpc) is 2.36. The van der Waals surface area contributed by atoms with Crippen molar-refractivity contribution in [3.8, 4) is 5.75 Å². The van der Waals surface area contributed by atoms with Gasteiger partial charge >= 0.3 is 0 Å². The summed E-state index contributed by atoms with van der Waals surface area (Å²) in [6.45, 7) is 4.00. The number of aliphatic hydroxyl groups excluding tert-OH is 1. The van der Waals surface area contributed by atoms with Crippen LogP contribution in [0, 0.1) is 5.82 Å². The van der Waals surface area contributed by atoms with E-state index in [2.05, 4.69) is 5.32 Å². The van der Waals surface area contributed by atoms with Crippen LogP contribution in [-0.2, 0) is 4.79 Å². The van der Waals surface area contributed by atoms with Gasteiger partial charge in [0.05, 0.1) is 6.10 Å². The van der Waals surface area contributed by atoms with Crippen molar-refractivity contribution in [3.05, 3.63) is 29.6 Å². The summed E-state index contributed by atoms with van der Waals surface area (Å²) in [6, 6.07) is 3.86. The summed E-state index contributed by atoms with van der Waals surface area (Å²) in [4.78, 5) is 11.5. The average molecular weight is 269 g/mol. The fraction of sp³-hybridized carbons (Fsp3) is 0.500. The molecule has 1 amide bonds. The summed E-state index contributed by atoms with van der Waals surface area (Å²) in [5.74, 6) is -0.527. The zero-order chi connectivity index (χ0) is 14.3. The molecule has 5 heteroatoms. The minimum absolute atomic E-state index is 0.188. The summed E-state index contributed by atoms with van der Waals surface area (Å²) < 4.78 is 18.4. The van der Waals surface area contributed by atoms with Crippen molar-refractivity contribution >= 4 is 5.91 Å². The van der Waals surface area contributed by atoms with Gasteiger partial charge in [-0.3, -0.25) is 4.79 Å². The second-order valence-corrected chi connectivity index (χ2v) is 4.35. The number of hydrogen-bond donors (Lipinski definition) is 2. The van der Waals surface area contributed by atoms with E-state index in [1.54, 1.807) is 6.92 Å². The molecule has 0 heterocycles. The number of ether oxygens (including phenoxy) is 1. The number of nitrogens with one attached hydrogen (secondary N) is 1. The van der Waals surface area contributed by atoms with Crippen LogP contribution in [0.1, 0.15) is 38.4 Å². The van der Waals surface area contributed by atoms with E-state index in [9.17, 15) is 14.3 Å². The van der Waals surface area contributed by atoms with Crippen LogP contribution in [0.15, 0.2) is 18.2 Å². The quantitative estimate of drug-likeness (QED) is 0.746. The molecular formula is C14H20FNO3. The molecule has 0 aliphatic carbocycles. The Morgan fingerprint density at radius 1 is 1.53 bits per heavy atom. The largest absolute Gasteiger partial charge is 0.483 e. The number of rotatable bonds is 7. The summed E-state index contributed by atoms with van der Waals surface area (Å²) in [5.41, 5.74) is 0.461. The third-order valence-electron chi connectivity index (χ3n) is 2.64. The van der Waals surface area contributed by atoms with Crippen molar-refractivity contribution < 1.29 is 19.0 Å². The molecule has 2 N–H and O–H groups in total. The van der Waals surface area contributed by atoms with Crippen LogP contribution in [0.4, 0.5) is 4.39 Å². The Morgan fingerprint density at radius 2 is 2.26 bits per heavy atom. The summed E-state index contributed by atoms with van der Waals surface area (Å²) in [7, 11) is 0. The molecule has 0 saturated carbocycles. The highest BCUT2D eigenvalue weighted by Gasteiger charge is 2.11. The van der Waals surface area contributed by atoms with E-state index in [4.69, 9.17) is 4.74 Å². The maximum Gasteiger partial charge on any atom is 0.257 e. The van der Waals surface area contributed by atoms with E-state index in [1.807, 2.05) is 6.92 Å². The van der Waals surface area contributed by atoms with Gasteiger partial charge < -0.3 is 15.2 Å². The first kappa shape index (κ1) is 15.4. The normalized spacial score (nSPS) is 12.0. The maximum absolute atomic E-state index is 13.1. The standard InChI is InChI=1S/C14H20FNO3/c1-3-4-7-16-14(18)9-19-13-8-11(15)5-6-12(13)10(2)17/h5-6,8,10,17H,3-4,7,9H2,1-2H3,(H,16,18). The van der Waals surface area contributed by atoms with E-state index in [0.29, 0.717) is 12.1 Å². The van der Waals surface area contributed by atoms with Gasteiger partial charge in [0.2, 0.25) is 0 Å². The molecule has 0 bridgehead atoms. The Balaban J connectivity index is 2.56. The summed E-state index contributed by atoms with van der Waals surface area (Å²) in [5, 5.41) is 12.2. The lowest BCUT2D eigenvalue weighted by atomic mass is 10.1. The van der Waals surface area contributed by atoms with Crippen LogP contribution in [0.25, 0.3) is 0 Å². The van der Waals surface area contributed by atoms with Crippen molar-refractivity contribution in [1.29, 1.82) is 0 Å². The van der Waals surface area contributed by atoms with Gasteiger partial charge in [0.1, 0.15) is 11.6 Å². The number of carbonyl (C=O) groups excluding carboxylic acids is 1. The fourth-order valence-electron chi connectivity index (χ4n) is 1.58. The van der Waals surface area contributed by atoms with E-state index < -0.39 is 11.9 Å². The summed E-state index contributed by atoms with van der Waals surface area (Å²) >= 11 is 0. The minimum Gasteiger partial charge on any atom is -0.483 e. The van der Waals surface area contributed by atoms with Crippen LogP contribution in [-0.4, -0.2) is 24.2 Å². The predicted molar refractivity (Wildman–Crippen MR) is 70.4 cm³/mol. The minimum atomic E-state index is -0.779. The number of aliphatic hydroxyl groups is 1. The first-order valence-corrected chi connectivity index (χ1v) is 6.41. The van der Waals surface area contributed by atoms with Crippen molar-refractivity contribution in [2.45, 2.75) is 32.8 Å². The van der Waals surface area contributed by atoms with Crippen LogP contribution < -0.4 is 10.1 Å². The van der Waals surface area contributed by atoms with Gasteiger partial charge in [-0.1, -0.05) is 13.3 Å². The van der Waals surface area contributed by atoms with Gasteiger partial charge in [-0.05, 0) is 25.5 Å². The molecule has 1 atom stereocenters. The van der Waals surface area contributed by atoms with Gasteiger partial charge in [0.15, 0.2) is 6.61 Å². The Bertz CT molecular complexity index is 421. The molecule has 0 aliphatic rings. The SMILES string of the molecule is CCCCNC(=O)COc1cc(F)ccc1C(C)O. The first-order chi connectivity index (χ1) is 9.04. The number of benzene rings is 1. The zero-order valence-electron chi connectivity index (χ0n) is 11.3. The monoisotopic (exact) mass is 269 g/mol. The topological polar surface area (TPSA) is 58.6 Å². The number of halogens is 1. The third-order valence-corrected chi connectivity index (χ3v) is 2.64. The van der Waals surface area contributed by atoms with Crippen molar-refractivity contribution in [2.24, 2.45) is 0 Å². The first-order valence-electron chi connectivity index (χ1n) is 6.41. The molecular weight excluding hydrogens is 249 g/mol. The van der Waals surface area contributed by atoms with E-state index >= 15 is 0 Å². The highest BCUT2D eigenvalue weighted by molar-refractivity contribution is 5.77. The maximum atomic E-state index is 13.1. The van der Waals surface area contributed by atoms with Crippen LogP contribution in [0.5, 0.6) is 5.75 Å². The van der Waals surface area contributed by atoms with Gasteiger partial charge in [-0.25, -0.2) is 4.39 Å². The van der Waals surface area contributed by atoms with E-state index in [-0.39, 0.29) is 18.3 Å². The molecule has 0 fully saturated rings. The molecule has 1 rings (SSSR count). The smallest absolute Gasteiger partial charge is 0.257 e. The predicted octanol–water partition coefficient (Wildman–Crippen LogP) is 2.17. The molecule has 1 aromatic rings. The van der Waals surface area contributed by atoms with Crippen LogP contribution >= 0.6 is 0 Å². The van der Waals surface area contributed by atoms with Gasteiger partial charge in [0.25, 0.3) is 5.91 Å². The zero-order valence-corrected chi connectivity index (χ0v) is 11.3. The second kappa shape index (κ2) is 7.74. The van der Waals surface area contributed by atoms with Gasteiger partial charge in [-0.15, -0.1) is 0 Å². The molecule has 0 aliphatic heterocycles. The van der Waals surface area contributed by atoms with E-state index in [0.717, 1.165) is 12.8 Å². The molecule has 19 heavy (non-hydrogen) atoms. The highest BCUT2D eigenvalue weighted by Crippen LogP contribution is 2.25. The molecule has 1 unspecified atom stereocenters. The highest BCUT2D eigenvalue weighted by atomic mass is 19.1. The Morgan fingerprint density at radius 3 is 2.89 bits per heavy atom. The fourth-order valence-corrected chi connectivity index (χ4v) is 1.58. The molecule has 1 aromatic carbocycles. The molecule has 4 nitrogen and oxygen atoms in total. The summed E-state index contributed by atoms with van der Waals surface area (Å²) in [6.07, 6.45) is 1.13. The molecule has 0 saturated heterocycles. The van der Waals surface area contributed by atoms with Crippen molar-refractivity contribution in [2.75, 3.05) is 13.2 Å². The van der Waals surface area contributed by atoms with Crippen molar-refractivity contribution in [1.82, 2.24) is 5.32 Å². The lowest BCUT2D eigenvalue weighted by Crippen LogP contribution is -2.29.